The molecule has 6 heteroatoms. The molecule has 1 fully saturated rings. The number of hydrogen-bond acceptors (Lipinski definition) is 4. The summed E-state index contributed by atoms with van der Waals surface area (Å²) in [5, 5.41) is 0. The Bertz CT molecular complexity index is 156. The van der Waals surface area contributed by atoms with Crippen LogP contribution < -0.4 is 0 Å². The zero-order valence-corrected chi connectivity index (χ0v) is 7.70. The topological polar surface area (TPSA) is 44.8 Å². The molecule has 1 aliphatic rings. The summed E-state index contributed by atoms with van der Waals surface area (Å²) < 4.78 is 25.2. The van der Waals surface area contributed by atoms with Gasteiger partial charge in [-0.1, -0.05) is 0 Å². The molecule has 0 aromatic carbocycles. The minimum Gasteiger partial charge on any atom is -0.382 e. The maximum absolute atomic E-state index is 10.2. The summed E-state index contributed by atoms with van der Waals surface area (Å²) in [6, 6.07) is -0.336. The summed E-state index contributed by atoms with van der Waals surface area (Å²) in [5.41, 5.74) is 0. The van der Waals surface area contributed by atoms with Gasteiger partial charge in [0.2, 0.25) is 0 Å². The van der Waals surface area contributed by atoms with Crippen LogP contribution in [0, 0.1) is 0 Å². The predicted octanol–water partition coefficient (Wildman–Crippen LogP) is 0.508. The molecule has 0 spiro atoms. The van der Waals surface area contributed by atoms with Crippen LogP contribution in [0.15, 0.2) is 0 Å². The number of ether oxygens (including phenoxy) is 2. The molecule has 4 nitrogen and oxygen atoms in total. The molecule has 0 bridgehead atoms. The highest BCUT2D eigenvalue weighted by atomic mass is 31.1. The van der Waals surface area contributed by atoms with E-state index in [2.05, 4.69) is 0 Å². The van der Waals surface area contributed by atoms with Crippen LogP contribution in [0.4, 0.5) is 0 Å². The first-order valence-electron chi connectivity index (χ1n) is 3.66. The van der Waals surface area contributed by atoms with Crippen LogP contribution in [0.25, 0.3) is 0 Å². The van der Waals surface area contributed by atoms with Crippen molar-refractivity contribution in [1.29, 1.82) is 0 Å². The van der Waals surface area contributed by atoms with Crippen LogP contribution in [0.2, 0.25) is 0 Å². The van der Waals surface area contributed by atoms with E-state index in [0.717, 1.165) is 0 Å². The Morgan fingerprint density at radius 2 is 2.50 bits per heavy atom. The quantitative estimate of drug-likeness (QED) is 0.476. The Morgan fingerprint density at radius 1 is 1.75 bits per heavy atom. The zero-order valence-electron chi connectivity index (χ0n) is 6.80. The third-order valence-electron chi connectivity index (χ3n) is 1.74. The van der Waals surface area contributed by atoms with Gasteiger partial charge in [-0.25, -0.2) is 4.57 Å². The molecule has 2 radical (unpaired) electrons. The van der Waals surface area contributed by atoms with Crippen LogP contribution in [-0.4, -0.2) is 39.8 Å². The van der Waals surface area contributed by atoms with Crippen molar-refractivity contribution in [2.24, 2.45) is 0 Å². The fourth-order valence-corrected chi connectivity index (χ4v) is 1.56. The average molecular weight is 188 g/mol. The lowest BCUT2D eigenvalue weighted by atomic mass is 9.96. The van der Waals surface area contributed by atoms with Crippen LogP contribution in [-0.2, 0) is 18.6 Å². The molecular weight excluding hydrogens is 178 g/mol. The molecule has 1 saturated heterocycles. The lowest BCUT2D eigenvalue weighted by molar-refractivity contribution is -0.00774. The number of rotatable bonds is 4. The number of hydrogen-bond donors (Lipinski definition) is 0. The number of methoxy groups -OCH3 is 1. The van der Waals surface area contributed by atoms with Gasteiger partial charge in [-0.05, 0) is 6.42 Å². The Balaban J connectivity index is 2.41. The third kappa shape index (κ3) is 2.52. The average Bonchev–Trinajstić information content (AvgIpc) is 2.33. The van der Waals surface area contributed by atoms with E-state index in [1.54, 1.807) is 7.11 Å². The first kappa shape index (κ1) is 10.1. The first-order valence-corrected chi connectivity index (χ1v) is 4.39. The molecule has 0 saturated carbocycles. The molecule has 1 aliphatic heterocycles. The maximum atomic E-state index is 10.2. The molecular formula is C6H10BO4P. The third-order valence-corrected chi connectivity index (χ3v) is 2.10. The fourth-order valence-electron chi connectivity index (χ4n) is 1.23. The maximum Gasteiger partial charge on any atom is 0.327 e. The molecule has 1 rings (SSSR count). The smallest absolute Gasteiger partial charge is 0.327 e. The van der Waals surface area contributed by atoms with Gasteiger partial charge >= 0.3 is 8.69 Å². The summed E-state index contributed by atoms with van der Waals surface area (Å²) in [7, 11) is 6.74. The predicted molar refractivity (Wildman–Crippen MR) is 43.4 cm³/mol. The standard InChI is InChI=1S/C6H10BO4P/c1-9-3-5-4(11-12-8)2-6(7)10-5/h4-6H,2-3H2,1H3/t4-,5?,6?/m1/s1. The molecule has 1 heterocycles. The van der Waals surface area contributed by atoms with Gasteiger partial charge in [0.25, 0.3) is 0 Å². The Kier molecular flexibility index (Phi) is 4.16. The van der Waals surface area contributed by atoms with Crippen molar-refractivity contribution >= 4 is 16.5 Å². The van der Waals surface area contributed by atoms with Crippen molar-refractivity contribution in [2.45, 2.75) is 24.6 Å². The molecule has 12 heavy (non-hydrogen) atoms. The second kappa shape index (κ2) is 4.92. The van der Waals surface area contributed by atoms with Crippen molar-refractivity contribution in [3.8, 4) is 0 Å². The summed E-state index contributed by atoms with van der Waals surface area (Å²) in [4.78, 5) is 0. The molecule has 0 aromatic heterocycles. The van der Waals surface area contributed by atoms with Gasteiger partial charge < -0.3 is 9.47 Å². The van der Waals surface area contributed by atoms with E-state index < -0.39 is 0 Å². The zero-order chi connectivity index (χ0) is 8.97. The summed E-state index contributed by atoms with van der Waals surface area (Å²) in [5.74, 6) is 0. The molecule has 2 unspecified atom stereocenters. The molecule has 3 atom stereocenters. The van der Waals surface area contributed by atoms with Crippen LogP contribution in [0.1, 0.15) is 6.42 Å². The van der Waals surface area contributed by atoms with Gasteiger partial charge in [0, 0.05) is 13.1 Å². The Hall–Kier alpha value is 0.0449. The summed E-state index contributed by atoms with van der Waals surface area (Å²) in [6.45, 7) is 0.411. The Morgan fingerprint density at radius 3 is 3.08 bits per heavy atom. The SMILES string of the molecule is [B]C1C[C@@H](OP=O)C(COC)O1. The van der Waals surface area contributed by atoms with E-state index in [4.69, 9.17) is 21.8 Å². The largest absolute Gasteiger partial charge is 0.382 e. The summed E-state index contributed by atoms with van der Waals surface area (Å²) >= 11 is 0. The monoisotopic (exact) mass is 188 g/mol. The molecule has 0 aromatic rings. The van der Waals surface area contributed by atoms with Crippen molar-refractivity contribution in [3.63, 3.8) is 0 Å². The molecule has 66 valence electrons. The molecule has 0 amide bonds. The van der Waals surface area contributed by atoms with E-state index >= 15 is 0 Å². The van der Waals surface area contributed by atoms with Crippen LogP contribution >= 0.6 is 8.69 Å². The second-order valence-corrected chi connectivity index (χ2v) is 2.98. The molecule has 0 aliphatic carbocycles. The van der Waals surface area contributed by atoms with Gasteiger partial charge in [-0.3, -0.25) is 4.52 Å². The van der Waals surface area contributed by atoms with Gasteiger partial charge in [-0.15, -0.1) is 0 Å². The van der Waals surface area contributed by atoms with Crippen LogP contribution in [0.5, 0.6) is 0 Å². The van der Waals surface area contributed by atoms with Crippen molar-refractivity contribution in [1.82, 2.24) is 0 Å². The lowest BCUT2D eigenvalue weighted by Crippen LogP contribution is -2.26. The first-order chi connectivity index (χ1) is 5.77. The van der Waals surface area contributed by atoms with E-state index in [0.29, 0.717) is 13.0 Å². The van der Waals surface area contributed by atoms with Gasteiger partial charge in [0.1, 0.15) is 20.1 Å². The highest BCUT2D eigenvalue weighted by molar-refractivity contribution is 7.17. The minimum absolute atomic E-state index is 0.202. The van der Waals surface area contributed by atoms with Crippen LogP contribution in [0.3, 0.4) is 0 Å². The lowest BCUT2D eigenvalue weighted by Gasteiger charge is -2.14. The van der Waals surface area contributed by atoms with Gasteiger partial charge in [0.05, 0.1) is 6.61 Å². The summed E-state index contributed by atoms with van der Waals surface area (Å²) in [6.07, 6.45) is 0.133. The van der Waals surface area contributed by atoms with Gasteiger partial charge in [0.15, 0.2) is 0 Å². The fraction of sp³-hybridized carbons (Fsp3) is 1.00. The second-order valence-electron chi connectivity index (χ2n) is 2.62. The normalized spacial score (nSPS) is 35.9. The van der Waals surface area contributed by atoms with Crippen molar-refractivity contribution in [3.05, 3.63) is 0 Å². The van der Waals surface area contributed by atoms with E-state index in [1.807, 2.05) is 0 Å². The van der Waals surface area contributed by atoms with E-state index in [-0.39, 0.29) is 26.9 Å². The Labute approximate surface area is 74.3 Å². The highest BCUT2D eigenvalue weighted by Gasteiger charge is 2.33. The van der Waals surface area contributed by atoms with Crippen molar-refractivity contribution in [2.75, 3.05) is 13.7 Å². The van der Waals surface area contributed by atoms with Gasteiger partial charge in [-0.2, -0.15) is 0 Å². The molecule has 0 N–H and O–H groups in total. The van der Waals surface area contributed by atoms with E-state index in [1.165, 1.54) is 0 Å². The highest BCUT2D eigenvalue weighted by Crippen LogP contribution is 2.24. The van der Waals surface area contributed by atoms with E-state index in [9.17, 15) is 4.57 Å². The minimum atomic E-state index is -0.340. The van der Waals surface area contributed by atoms with Crippen molar-refractivity contribution < 1.29 is 18.6 Å².